The van der Waals surface area contributed by atoms with Crippen molar-refractivity contribution >= 4 is 38.9 Å². The van der Waals surface area contributed by atoms with Gasteiger partial charge in [-0.25, -0.2) is 8.42 Å². The molecule has 2 aromatic rings. The molecular formula is C22H29ClN2O3S. The number of para-hydroxylation sites is 1. The first-order chi connectivity index (χ1) is 13.6. The van der Waals surface area contributed by atoms with Crippen LogP contribution in [0, 0.1) is 6.92 Å². The first kappa shape index (κ1) is 23.2. The monoisotopic (exact) mass is 436 g/mol. The lowest BCUT2D eigenvalue weighted by atomic mass is 10.0. The molecule has 1 amide bonds. The molecule has 0 radical (unpaired) electrons. The van der Waals surface area contributed by atoms with Crippen LogP contribution in [0.3, 0.4) is 0 Å². The summed E-state index contributed by atoms with van der Waals surface area (Å²) in [5, 5.41) is 3.43. The smallest absolute Gasteiger partial charge is 0.248 e. The standard InChI is InChI=1S/C22H29ClN2O3S/c1-6-16-10-9-11-17(7-2)21(16)24-22(26)19(8-3)25(29(5,27)28)20-14-18(23)13-12-15(20)4/h9-14,19H,6-8H2,1-5H3,(H,24,26)/t19-/m0/s1. The van der Waals surface area contributed by atoms with Crippen LogP contribution in [0.5, 0.6) is 0 Å². The van der Waals surface area contributed by atoms with E-state index in [-0.39, 0.29) is 5.91 Å². The summed E-state index contributed by atoms with van der Waals surface area (Å²) >= 11 is 6.13. The lowest BCUT2D eigenvalue weighted by Gasteiger charge is -2.31. The lowest BCUT2D eigenvalue weighted by Crippen LogP contribution is -2.47. The Hall–Kier alpha value is -2.05. The highest BCUT2D eigenvalue weighted by Gasteiger charge is 2.33. The van der Waals surface area contributed by atoms with Crippen LogP contribution in [-0.2, 0) is 27.7 Å². The quantitative estimate of drug-likeness (QED) is 0.636. The summed E-state index contributed by atoms with van der Waals surface area (Å²) < 4.78 is 26.6. The van der Waals surface area contributed by atoms with Gasteiger partial charge in [-0.1, -0.05) is 56.6 Å². The first-order valence-corrected chi connectivity index (χ1v) is 12.0. The van der Waals surface area contributed by atoms with Gasteiger partial charge in [0.2, 0.25) is 15.9 Å². The summed E-state index contributed by atoms with van der Waals surface area (Å²) in [6, 6.07) is 10.1. The lowest BCUT2D eigenvalue weighted by molar-refractivity contribution is -0.117. The number of carbonyl (C=O) groups excluding carboxylic acids is 1. The number of anilines is 2. The van der Waals surface area contributed by atoms with E-state index in [9.17, 15) is 13.2 Å². The van der Waals surface area contributed by atoms with Gasteiger partial charge in [0.15, 0.2) is 0 Å². The SMILES string of the molecule is CCc1cccc(CC)c1NC(=O)[C@H](CC)N(c1cc(Cl)ccc1C)S(C)(=O)=O. The van der Waals surface area contributed by atoms with E-state index in [1.807, 2.05) is 32.0 Å². The molecule has 0 saturated heterocycles. The van der Waals surface area contributed by atoms with Gasteiger partial charge in [-0.15, -0.1) is 0 Å². The number of hydrogen-bond donors (Lipinski definition) is 1. The zero-order valence-electron chi connectivity index (χ0n) is 17.6. The Labute approximate surface area is 179 Å². The van der Waals surface area contributed by atoms with Gasteiger partial charge in [0.05, 0.1) is 11.9 Å². The molecule has 2 rings (SSSR count). The summed E-state index contributed by atoms with van der Waals surface area (Å²) in [6.07, 6.45) is 2.97. The van der Waals surface area contributed by atoms with E-state index in [1.165, 1.54) is 4.31 Å². The van der Waals surface area contributed by atoms with Crippen molar-refractivity contribution < 1.29 is 13.2 Å². The number of nitrogens with one attached hydrogen (secondary N) is 1. The third kappa shape index (κ3) is 5.31. The average Bonchev–Trinajstić information content (AvgIpc) is 2.67. The summed E-state index contributed by atoms with van der Waals surface area (Å²) in [4.78, 5) is 13.3. The zero-order chi connectivity index (χ0) is 21.8. The Morgan fingerprint density at radius 2 is 1.69 bits per heavy atom. The maximum absolute atomic E-state index is 13.3. The van der Waals surface area contributed by atoms with Crippen LogP contribution >= 0.6 is 11.6 Å². The number of benzene rings is 2. The molecule has 0 heterocycles. The van der Waals surface area contributed by atoms with Crippen LogP contribution in [0.1, 0.15) is 43.9 Å². The molecule has 0 aliphatic rings. The number of amides is 1. The van der Waals surface area contributed by atoms with E-state index in [0.29, 0.717) is 17.1 Å². The molecule has 1 atom stereocenters. The highest BCUT2D eigenvalue weighted by Crippen LogP contribution is 2.30. The van der Waals surface area contributed by atoms with Crippen molar-refractivity contribution in [2.75, 3.05) is 15.9 Å². The van der Waals surface area contributed by atoms with Crippen molar-refractivity contribution in [2.24, 2.45) is 0 Å². The number of nitrogens with zero attached hydrogens (tertiary/aromatic N) is 1. The Morgan fingerprint density at radius 3 is 2.17 bits per heavy atom. The van der Waals surface area contributed by atoms with E-state index in [2.05, 4.69) is 5.32 Å². The number of rotatable bonds is 8. The van der Waals surface area contributed by atoms with Gasteiger partial charge in [-0.05, 0) is 55.0 Å². The van der Waals surface area contributed by atoms with Gasteiger partial charge >= 0.3 is 0 Å². The molecule has 0 fully saturated rings. The van der Waals surface area contributed by atoms with E-state index < -0.39 is 16.1 Å². The fourth-order valence-corrected chi connectivity index (χ4v) is 4.89. The Morgan fingerprint density at radius 1 is 1.10 bits per heavy atom. The van der Waals surface area contributed by atoms with Crippen LogP contribution < -0.4 is 9.62 Å². The van der Waals surface area contributed by atoms with Crippen molar-refractivity contribution in [1.29, 1.82) is 0 Å². The molecule has 0 aliphatic heterocycles. The van der Waals surface area contributed by atoms with Crippen molar-refractivity contribution in [2.45, 2.75) is 53.0 Å². The van der Waals surface area contributed by atoms with Crippen LogP contribution in [0.15, 0.2) is 36.4 Å². The van der Waals surface area contributed by atoms with Crippen molar-refractivity contribution in [3.05, 3.63) is 58.1 Å². The third-order valence-electron chi connectivity index (χ3n) is 4.99. The second-order valence-electron chi connectivity index (χ2n) is 7.06. The molecule has 2 aromatic carbocycles. The number of sulfonamides is 1. The summed E-state index contributed by atoms with van der Waals surface area (Å²) in [6.45, 7) is 7.66. The van der Waals surface area contributed by atoms with Gasteiger partial charge < -0.3 is 5.32 Å². The summed E-state index contributed by atoms with van der Waals surface area (Å²) in [7, 11) is -3.72. The average molecular weight is 437 g/mol. The normalized spacial score (nSPS) is 12.5. The van der Waals surface area contributed by atoms with Crippen LogP contribution in [-0.4, -0.2) is 26.6 Å². The van der Waals surface area contributed by atoms with Gasteiger partial charge in [0.25, 0.3) is 0 Å². The first-order valence-electron chi connectivity index (χ1n) is 9.81. The molecule has 0 aliphatic carbocycles. The molecule has 0 saturated carbocycles. The van der Waals surface area contributed by atoms with Gasteiger partial charge in [-0.3, -0.25) is 9.10 Å². The second kappa shape index (κ2) is 9.63. The molecule has 0 aromatic heterocycles. The minimum absolute atomic E-state index is 0.320. The predicted molar refractivity (Wildman–Crippen MR) is 121 cm³/mol. The Balaban J connectivity index is 2.52. The fraction of sp³-hybridized carbons (Fsp3) is 0.409. The van der Waals surface area contributed by atoms with Crippen LogP contribution in [0.2, 0.25) is 5.02 Å². The number of carbonyl (C=O) groups is 1. The van der Waals surface area contributed by atoms with E-state index in [0.717, 1.165) is 41.5 Å². The predicted octanol–water partition coefficient (Wildman–Crippen LogP) is 4.96. The van der Waals surface area contributed by atoms with Crippen LogP contribution in [0.4, 0.5) is 11.4 Å². The largest absolute Gasteiger partial charge is 0.324 e. The van der Waals surface area contributed by atoms with Crippen molar-refractivity contribution in [3.63, 3.8) is 0 Å². The summed E-state index contributed by atoms with van der Waals surface area (Å²) in [5.74, 6) is -0.354. The molecule has 0 spiro atoms. The second-order valence-corrected chi connectivity index (χ2v) is 9.36. The number of halogens is 1. The van der Waals surface area contributed by atoms with E-state index >= 15 is 0 Å². The Kier molecular flexibility index (Phi) is 7.72. The molecule has 5 nitrogen and oxygen atoms in total. The fourth-order valence-electron chi connectivity index (χ4n) is 3.47. The molecular weight excluding hydrogens is 408 g/mol. The zero-order valence-corrected chi connectivity index (χ0v) is 19.2. The van der Waals surface area contributed by atoms with Crippen molar-refractivity contribution in [1.82, 2.24) is 0 Å². The number of aryl methyl sites for hydroxylation is 3. The highest BCUT2D eigenvalue weighted by molar-refractivity contribution is 7.92. The number of hydrogen-bond acceptors (Lipinski definition) is 3. The van der Waals surface area contributed by atoms with E-state index in [4.69, 9.17) is 11.6 Å². The minimum Gasteiger partial charge on any atom is -0.324 e. The van der Waals surface area contributed by atoms with Crippen molar-refractivity contribution in [3.8, 4) is 0 Å². The van der Waals surface area contributed by atoms with Crippen LogP contribution in [0.25, 0.3) is 0 Å². The van der Waals surface area contributed by atoms with Gasteiger partial charge in [0.1, 0.15) is 6.04 Å². The third-order valence-corrected chi connectivity index (χ3v) is 6.39. The maximum atomic E-state index is 13.3. The van der Waals surface area contributed by atoms with Gasteiger partial charge in [-0.2, -0.15) is 0 Å². The molecule has 29 heavy (non-hydrogen) atoms. The Bertz CT molecular complexity index is 967. The molecule has 7 heteroatoms. The highest BCUT2D eigenvalue weighted by atomic mass is 35.5. The molecule has 0 bridgehead atoms. The molecule has 1 N–H and O–H groups in total. The molecule has 158 valence electrons. The van der Waals surface area contributed by atoms with Gasteiger partial charge in [0, 0.05) is 10.7 Å². The minimum atomic E-state index is -3.72. The summed E-state index contributed by atoms with van der Waals surface area (Å²) in [5.41, 5.74) is 3.97. The van der Waals surface area contributed by atoms with E-state index in [1.54, 1.807) is 32.0 Å². The topological polar surface area (TPSA) is 66.5 Å². The molecule has 0 unspecified atom stereocenters. The maximum Gasteiger partial charge on any atom is 0.248 e.